The van der Waals surface area contributed by atoms with Gasteiger partial charge in [0.05, 0.1) is 6.61 Å². The highest BCUT2D eigenvalue weighted by atomic mass is 16.7. The smallest absolute Gasteiger partial charge is 0.217 e. The number of hydrogen-bond acceptors (Lipinski definition) is 7. The maximum Gasteiger partial charge on any atom is 0.217 e. The first-order chi connectivity index (χ1) is 11.6. The highest BCUT2D eigenvalue weighted by Crippen LogP contribution is 2.23. The Labute approximate surface area is 148 Å². The van der Waals surface area contributed by atoms with Gasteiger partial charge in [-0.25, -0.2) is 0 Å². The van der Waals surface area contributed by atoms with Crippen LogP contribution < -0.4 is 5.32 Å². The molecular weight excluding hydrogens is 330 g/mol. The molecule has 1 amide bonds. The largest absolute Gasteiger partial charge is 0.394 e. The molecule has 146 valence electrons. The van der Waals surface area contributed by atoms with Crippen molar-refractivity contribution in [3.8, 4) is 0 Å². The molecule has 0 aromatic rings. The third-order valence-electron chi connectivity index (χ3n) is 4.17. The molecule has 1 rings (SSSR count). The molecule has 0 bridgehead atoms. The molecular formula is C17H31NO7. The molecule has 2 unspecified atom stereocenters. The second kappa shape index (κ2) is 9.59. The number of ether oxygens (including phenoxy) is 2. The van der Waals surface area contributed by atoms with Crippen LogP contribution in [-0.2, 0) is 19.1 Å². The number of unbranched alkanes of at least 4 members (excludes halogenated alkanes) is 1. The van der Waals surface area contributed by atoms with Gasteiger partial charge in [0.15, 0.2) is 6.29 Å². The van der Waals surface area contributed by atoms with E-state index in [2.05, 4.69) is 5.32 Å². The quantitative estimate of drug-likeness (QED) is 0.439. The van der Waals surface area contributed by atoms with Crippen LogP contribution in [0.4, 0.5) is 0 Å². The van der Waals surface area contributed by atoms with Crippen LogP contribution in [0.15, 0.2) is 0 Å². The summed E-state index contributed by atoms with van der Waals surface area (Å²) in [6.07, 6.45) is -2.91. The zero-order valence-electron chi connectivity index (χ0n) is 15.4. The highest BCUT2D eigenvalue weighted by Gasteiger charge is 2.45. The van der Waals surface area contributed by atoms with E-state index in [0.717, 1.165) is 0 Å². The SMILES string of the molecule is CC(=O)NC1[C@H](OCCCCC(=O)C(C)(C)C)OC(CO)[C@H](O)[C@@H]1O. The van der Waals surface area contributed by atoms with E-state index >= 15 is 0 Å². The van der Waals surface area contributed by atoms with Gasteiger partial charge in [-0.05, 0) is 12.8 Å². The van der Waals surface area contributed by atoms with E-state index in [4.69, 9.17) is 9.47 Å². The summed E-state index contributed by atoms with van der Waals surface area (Å²) < 4.78 is 11.0. The van der Waals surface area contributed by atoms with Crippen molar-refractivity contribution >= 4 is 11.7 Å². The topological polar surface area (TPSA) is 125 Å². The molecule has 4 N–H and O–H groups in total. The van der Waals surface area contributed by atoms with Crippen molar-refractivity contribution in [3.05, 3.63) is 0 Å². The average Bonchev–Trinajstić information content (AvgIpc) is 2.51. The zero-order chi connectivity index (χ0) is 19.2. The van der Waals surface area contributed by atoms with E-state index in [9.17, 15) is 24.9 Å². The number of aliphatic hydroxyl groups is 3. The molecule has 8 nitrogen and oxygen atoms in total. The number of carbonyl (C=O) groups is 2. The maximum absolute atomic E-state index is 11.9. The molecule has 0 aliphatic carbocycles. The van der Waals surface area contributed by atoms with Crippen molar-refractivity contribution in [3.63, 3.8) is 0 Å². The van der Waals surface area contributed by atoms with Crippen LogP contribution in [0.25, 0.3) is 0 Å². The van der Waals surface area contributed by atoms with Crippen LogP contribution in [0.2, 0.25) is 0 Å². The van der Waals surface area contributed by atoms with E-state index < -0.39 is 43.2 Å². The first-order valence-corrected chi connectivity index (χ1v) is 8.62. The summed E-state index contributed by atoms with van der Waals surface area (Å²) >= 11 is 0. The van der Waals surface area contributed by atoms with Gasteiger partial charge >= 0.3 is 0 Å². The lowest BCUT2D eigenvalue weighted by Crippen LogP contribution is -2.64. The van der Waals surface area contributed by atoms with Gasteiger partial charge in [0.2, 0.25) is 5.91 Å². The first-order valence-electron chi connectivity index (χ1n) is 8.62. The molecule has 0 aromatic carbocycles. The third kappa shape index (κ3) is 6.63. The van der Waals surface area contributed by atoms with E-state index in [0.29, 0.717) is 19.3 Å². The second-order valence-corrected chi connectivity index (χ2v) is 7.43. The summed E-state index contributed by atoms with van der Waals surface area (Å²) in [5.74, 6) is -0.219. The lowest BCUT2D eigenvalue weighted by molar-refractivity contribution is -0.270. The fourth-order valence-electron chi connectivity index (χ4n) is 2.57. The predicted molar refractivity (Wildman–Crippen MR) is 89.6 cm³/mol. The Morgan fingerprint density at radius 1 is 1.16 bits per heavy atom. The van der Waals surface area contributed by atoms with E-state index in [1.54, 1.807) is 0 Å². The van der Waals surface area contributed by atoms with E-state index in [-0.39, 0.29) is 17.8 Å². The van der Waals surface area contributed by atoms with Crippen molar-refractivity contribution < 1.29 is 34.4 Å². The minimum atomic E-state index is -1.33. The molecule has 0 saturated carbocycles. The highest BCUT2D eigenvalue weighted by molar-refractivity contribution is 5.83. The van der Waals surface area contributed by atoms with Gasteiger partial charge in [0, 0.05) is 25.4 Å². The summed E-state index contributed by atoms with van der Waals surface area (Å²) in [5, 5.41) is 31.8. The summed E-state index contributed by atoms with van der Waals surface area (Å²) in [4.78, 5) is 23.2. The second-order valence-electron chi connectivity index (χ2n) is 7.43. The van der Waals surface area contributed by atoms with Crippen molar-refractivity contribution in [2.75, 3.05) is 13.2 Å². The van der Waals surface area contributed by atoms with E-state index in [1.165, 1.54) is 6.92 Å². The molecule has 1 aliphatic rings. The average molecular weight is 361 g/mol. The normalized spacial score (nSPS) is 30.1. The van der Waals surface area contributed by atoms with Crippen LogP contribution in [-0.4, -0.2) is 70.9 Å². The number of amides is 1. The van der Waals surface area contributed by atoms with Gasteiger partial charge < -0.3 is 30.1 Å². The van der Waals surface area contributed by atoms with E-state index in [1.807, 2.05) is 20.8 Å². The molecule has 1 fully saturated rings. The zero-order valence-corrected chi connectivity index (χ0v) is 15.4. The Morgan fingerprint density at radius 3 is 2.32 bits per heavy atom. The third-order valence-corrected chi connectivity index (χ3v) is 4.17. The van der Waals surface area contributed by atoms with Gasteiger partial charge in [0.25, 0.3) is 0 Å². The maximum atomic E-state index is 11.9. The fourth-order valence-corrected chi connectivity index (χ4v) is 2.57. The number of rotatable bonds is 8. The van der Waals surface area contributed by atoms with Crippen LogP contribution >= 0.6 is 0 Å². The van der Waals surface area contributed by atoms with Crippen LogP contribution in [0.3, 0.4) is 0 Å². The monoisotopic (exact) mass is 361 g/mol. The molecule has 0 spiro atoms. The molecule has 1 aliphatic heterocycles. The fraction of sp³-hybridized carbons (Fsp3) is 0.882. The predicted octanol–water partition coefficient (Wildman–Crippen LogP) is -0.268. The van der Waals surface area contributed by atoms with Crippen molar-refractivity contribution in [1.29, 1.82) is 0 Å². The summed E-state index contributed by atoms with van der Waals surface area (Å²) in [6.45, 7) is 6.70. The summed E-state index contributed by atoms with van der Waals surface area (Å²) in [7, 11) is 0. The van der Waals surface area contributed by atoms with Gasteiger partial charge in [-0.1, -0.05) is 20.8 Å². The lowest BCUT2D eigenvalue weighted by atomic mass is 9.88. The Morgan fingerprint density at radius 2 is 1.80 bits per heavy atom. The number of hydrogen-bond donors (Lipinski definition) is 4. The van der Waals surface area contributed by atoms with Crippen LogP contribution in [0, 0.1) is 5.41 Å². The van der Waals surface area contributed by atoms with Crippen molar-refractivity contribution in [2.24, 2.45) is 5.41 Å². The molecule has 8 heteroatoms. The Hall–Kier alpha value is -1.06. The van der Waals surface area contributed by atoms with Crippen LogP contribution in [0.1, 0.15) is 47.0 Å². The van der Waals surface area contributed by atoms with Gasteiger partial charge in [0.1, 0.15) is 30.1 Å². The van der Waals surface area contributed by atoms with Crippen molar-refractivity contribution in [2.45, 2.75) is 77.6 Å². The minimum absolute atomic E-state index is 0.177. The van der Waals surface area contributed by atoms with Crippen molar-refractivity contribution in [1.82, 2.24) is 5.32 Å². The number of ketones is 1. The summed E-state index contributed by atoms with van der Waals surface area (Å²) in [5.41, 5.74) is -0.363. The molecule has 1 saturated heterocycles. The molecule has 25 heavy (non-hydrogen) atoms. The number of Topliss-reactive ketones (excluding diaryl/α,β-unsaturated/α-hetero) is 1. The molecule has 0 radical (unpaired) electrons. The number of aliphatic hydroxyl groups excluding tert-OH is 3. The minimum Gasteiger partial charge on any atom is -0.394 e. The van der Waals surface area contributed by atoms with Crippen LogP contribution in [0.5, 0.6) is 0 Å². The first kappa shape index (κ1) is 22.0. The Balaban J connectivity index is 2.52. The lowest BCUT2D eigenvalue weighted by Gasteiger charge is -2.42. The number of nitrogens with one attached hydrogen (secondary N) is 1. The van der Waals surface area contributed by atoms with Gasteiger partial charge in [-0.15, -0.1) is 0 Å². The number of carbonyl (C=O) groups excluding carboxylic acids is 2. The molecule has 0 aromatic heterocycles. The Kier molecular flexibility index (Phi) is 8.43. The molecule has 1 heterocycles. The standard InChI is InChI=1S/C17H31NO7/c1-10(20)18-13-15(23)14(22)11(9-19)25-16(13)24-8-6-5-7-12(21)17(2,3)4/h11,13-16,19,22-23H,5-9H2,1-4H3,(H,18,20)/t11?,13?,14-,15+,16+/m0/s1. The summed E-state index contributed by atoms with van der Waals surface area (Å²) in [6, 6.07) is -0.938. The van der Waals surface area contributed by atoms with Gasteiger partial charge in [-0.2, -0.15) is 0 Å². The molecule has 5 atom stereocenters. The van der Waals surface area contributed by atoms with Gasteiger partial charge in [-0.3, -0.25) is 9.59 Å². The Bertz CT molecular complexity index is 449.